The third-order valence-corrected chi connectivity index (χ3v) is 3.33. The first-order valence-electron chi connectivity index (χ1n) is 4.52. The van der Waals surface area contributed by atoms with Gasteiger partial charge in [-0.3, -0.25) is 0 Å². The fourth-order valence-corrected chi connectivity index (χ4v) is 2.44. The molecule has 2 nitrogen and oxygen atoms in total. The molecular formula is C10H13IN2. The molecule has 1 aromatic rings. The standard InChI is InChI=1S/C10H13IN2/c11-9-3-1-2-4-10(9)13-6-5-8(12)7-13/h1-4,8H,5-7,12H2. The highest BCUT2D eigenvalue weighted by Gasteiger charge is 2.20. The van der Waals surface area contributed by atoms with Crippen LogP contribution in [0.2, 0.25) is 0 Å². The van der Waals surface area contributed by atoms with Crippen LogP contribution in [0.4, 0.5) is 5.69 Å². The van der Waals surface area contributed by atoms with Crippen LogP contribution in [0.1, 0.15) is 6.42 Å². The lowest BCUT2D eigenvalue weighted by molar-refractivity contribution is 0.752. The van der Waals surface area contributed by atoms with Crippen molar-refractivity contribution in [2.45, 2.75) is 12.5 Å². The SMILES string of the molecule is NC1CCN(c2ccccc2I)C1. The number of rotatable bonds is 1. The number of nitrogens with zero attached hydrogens (tertiary/aromatic N) is 1. The van der Waals surface area contributed by atoms with Gasteiger partial charge in [0.15, 0.2) is 0 Å². The van der Waals surface area contributed by atoms with Gasteiger partial charge >= 0.3 is 0 Å². The number of nitrogens with two attached hydrogens (primary N) is 1. The van der Waals surface area contributed by atoms with E-state index < -0.39 is 0 Å². The van der Waals surface area contributed by atoms with Gasteiger partial charge in [-0.25, -0.2) is 0 Å². The molecule has 1 saturated heterocycles. The third kappa shape index (κ3) is 1.96. The maximum atomic E-state index is 5.87. The molecule has 1 heterocycles. The van der Waals surface area contributed by atoms with Crippen molar-refractivity contribution in [3.63, 3.8) is 0 Å². The molecule has 1 aromatic carbocycles. The van der Waals surface area contributed by atoms with Crippen LogP contribution in [0.3, 0.4) is 0 Å². The van der Waals surface area contributed by atoms with Gasteiger partial charge in [-0.15, -0.1) is 0 Å². The molecule has 2 rings (SSSR count). The molecular weight excluding hydrogens is 275 g/mol. The number of halogens is 1. The molecule has 0 saturated carbocycles. The van der Waals surface area contributed by atoms with E-state index >= 15 is 0 Å². The first-order chi connectivity index (χ1) is 6.27. The normalized spacial score (nSPS) is 22.3. The summed E-state index contributed by atoms with van der Waals surface area (Å²) < 4.78 is 1.31. The van der Waals surface area contributed by atoms with Gasteiger partial charge in [-0.1, -0.05) is 12.1 Å². The van der Waals surface area contributed by atoms with Gasteiger partial charge in [0.2, 0.25) is 0 Å². The molecule has 1 aliphatic heterocycles. The highest BCUT2D eigenvalue weighted by atomic mass is 127. The van der Waals surface area contributed by atoms with Gasteiger partial charge in [0.05, 0.1) is 5.69 Å². The Labute approximate surface area is 92.2 Å². The molecule has 0 aliphatic carbocycles. The van der Waals surface area contributed by atoms with Crippen LogP contribution >= 0.6 is 22.6 Å². The topological polar surface area (TPSA) is 29.3 Å². The minimum Gasteiger partial charge on any atom is -0.369 e. The molecule has 3 heteroatoms. The quantitative estimate of drug-likeness (QED) is 0.799. The highest BCUT2D eigenvalue weighted by Crippen LogP contribution is 2.24. The Bertz CT molecular complexity index is 301. The van der Waals surface area contributed by atoms with E-state index in [9.17, 15) is 0 Å². The summed E-state index contributed by atoms with van der Waals surface area (Å²) in [5.41, 5.74) is 7.20. The van der Waals surface area contributed by atoms with Crippen LogP contribution in [-0.4, -0.2) is 19.1 Å². The molecule has 0 amide bonds. The zero-order chi connectivity index (χ0) is 9.26. The summed E-state index contributed by atoms with van der Waals surface area (Å²) in [6, 6.07) is 8.82. The number of anilines is 1. The van der Waals surface area contributed by atoms with Crippen molar-refractivity contribution in [2.24, 2.45) is 5.73 Å². The molecule has 1 aliphatic rings. The third-order valence-electron chi connectivity index (χ3n) is 2.42. The predicted octanol–water partition coefficient (Wildman–Crippen LogP) is 1.83. The molecule has 2 N–H and O–H groups in total. The fraction of sp³-hybridized carbons (Fsp3) is 0.400. The van der Waals surface area contributed by atoms with E-state index in [1.54, 1.807) is 0 Å². The number of hydrogen-bond acceptors (Lipinski definition) is 2. The van der Waals surface area contributed by atoms with Crippen molar-refractivity contribution in [3.8, 4) is 0 Å². The maximum absolute atomic E-state index is 5.87. The smallest absolute Gasteiger partial charge is 0.0502 e. The van der Waals surface area contributed by atoms with Crippen LogP contribution in [0, 0.1) is 3.57 Å². The van der Waals surface area contributed by atoms with Gasteiger partial charge in [0, 0.05) is 22.7 Å². The van der Waals surface area contributed by atoms with Crippen molar-refractivity contribution in [2.75, 3.05) is 18.0 Å². The summed E-state index contributed by atoms with van der Waals surface area (Å²) in [4.78, 5) is 2.37. The Morgan fingerprint density at radius 3 is 2.77 bits per heavy atom. The van der Waals surface area contributed by atoms with Crippen molar-refractivity contribution < 1.29 is 0 Å². The summed E-state index contributed by atoms with van der Waals surface area (Å²) in [6.45, 7) is 2.10. The maximum Gasteiger partial charge on any atom is 0.0502 e. The molecule has 0 aromatic heterocycles. The van der Waals surface area contributed by atoms with Gasteiger partial charge in [-0.2, -0.15) is 0 Å². The van der Waals surface area contributed by atoms with Gasteiger partial charge < -0.3 is 10.6 Å². The number of para-hydroxylation sites is 1. The fourth-order valence-electron chi connectivity index (χ4n) is 1.71. The molecule has 1 fully saturated rings. The average molecular weight is 288 g/mol. The minimum atomic E-state index is 0.357. The summed E-state index contributed by atoms with van der Waals surface area (Å²) in [5.74, 6) is 0. The monoisotopic (exact) mass is 288 g/mol. The molecule has 1 atom stereocenters. The second kappa shape index (κ2) is 3.84. The molecule has 70 valence electrons. The molecule has 1 unspecified atom stereocenters. The Hall–Kier alpha value is -0.290. The highest BCUT2D eigenvalue weighted by molar-refractivity contribution is 14.1. The zero-order valence-corrected chi connectivity index (χ0v) is 9.57. The van der Waals surface area contributed by atoms with Crippen LogP contribution in [0.5, 0.6) is 0 Å². The van der Waals surface area contributed by atoms with Gasteiger partial charge in [0.25, 0.3) is 0 Å². The molecule has 0 spiro atoms. The van der Waals surface area contributed by atoms with E-state index in [2.05, 4.69) is 51.8 Å². The van der Waals surface area contributed by atoms with Crippen molar-refractivity contribution in [1.82, 2.24) is 0 Å². The predicted molar refractivity (Wildman–Crippen MR) is 64.0 cm³/mol. The lowest BCUT2D eigenvalue weighted by atomic mass is 10.3. The second-order valence-corrected chi connectivity index (χ2v) is 4.61. The van der Waals surface area contributed by atoms with E-state index in [0.717, 1.165) is 19.5 Å². The lowest BCUT2D eigenvalue weighted by Gasteiger charge is -2.19. The van der Waals surface area contributed by atoms with E-state index in [1.807, 2.05) is 0 Å². The number of benzene rings is 1. The second-order valence-electron chi connectivity index (χ2n) is 3.45. The summed E-state index contributed by atoms with van der Waals surface area (Å²) in [6.07, 6.45) is 1.12. The van der Waals surface area contributed by atoms with Crippen LogP contribution in [0.25, 0.3) is 0 Å². The van der Waals surface area contributed by atoms with Crippen LogP contribution in [0.15, 0.2) is 24.3 Å². The Morgan fingerprint density at radius 1 is 1.38 bits per heavy atom. The van der Waals surface area contributed by atoms with Gasteiger partial charge in [0.1, 0.15) is 0 Å². The lowest BCUT2D eigenvalue weighted by Crippen LogP contribution is -2.26. The van der Waals surface area contributed by atoms with Crippen LogP contribution in [-0.2, 0) is 0 Å². The van der Waals surface area contributed by atoms with Gasteiger partial charge in [-0.05, 0) is 41.1 Å². The summed E-state index contributed by atoms with van der Waals surface area (Å²) in [5, 5.41) is 0. The largest absolute Gasteiger partial charge is 0.369 e. The average Bonchev–Trinajstić information content (AvgIpc) is 2.53. The Kier molecular flexibility index (Phi) is 2.74. The van der Waals surface area contributed by atoms with Crippen molar-refractivity contribution in [3.05, 3.63) is 27.8 Å². The first kappa shape index (κ1) is 9.27. The van der Waals surface area contributed by atoms with Crippen molar-refractivity contribution >= 4 is 28.3 Å². The van der Waals surface area contributed by atoms with Crippen LogP contribution < -0.4 is 10.6 Å². The Balaban J connectivity index is 2.21. The van der Waals surface area contributed by atoms with Crippen molar-refractivity contribution in [1.29, 1.82) is 0 Å². The zero-order valence-electron chi connectivity index (χ0n) is 7.41. The molecule has 0 radical (unpaired) electrons. The van der Waals surface area contributed by atoms with E-state index in [0.29, 0.717) is 6.04 Å². The summed E-state index contributed by atoms with van der Waals surface area (Å²) >= 11 is 2.37. The van der Waals surface area contributed by atoms with E-state index in [1.165, 1.54) is 9.26 Å². The van der Waals surface area contributed by atoms with E-state index in [-0.39, 0.29) is 0 Å². The summed E-state index contributed by atoms with van der Waals surface area (Å²) in [7, 11) is 0. The molecule has 0 bridgehead atoms. The van der Waals surface area contributed by atoms with E-state index in [4.69, 9.17) is 5.73 Å². The minimum absolute atomic E-state index is 0.357. The molecule has 13 heavy (non-hydrogen) atoms. The first-order valence-corrected chi connectivity index (χ1v) is 5.60. The number of hydrogen-bond donors (Lipinski definition) is 1. The Morgan fingerprint density at radius 2 is 2.15 bits per heavy atom.